The average Bonchev–Trinajstić information content (AvgIpc) is 2.39. The maximum Gasteiger partial charge on any atom is 0.312 e. The molecule has 20 heavy (non-hydrogen) atoms. The summed E-state index contributed by atoms with van der Waals surface area (Å²) in [5.41, 5.74) is 10.7. The molecule has 0 saturated heterocycles. The first-order chi connectivity index (χ1) is 9.29. The predicted molar refractivity (Wildman–Crippen MR) is 75.6 cm³/mol. The van der Waals surface area contributed by atoms with Crippen molar-refractivity contribution in [2.24, 2.45) is 17.4 Å². The van der Waals surface area contributed by atoms with Crippen LogP contribution in [-0.2, 0) is 9.59 Å². The number of urea groups is 1. The van der Waals surface area contributed by atoms with E-state index in [1.54, 1.807) is 0 Å². The van der Waals surface area contributed by atoms with Crippen molar-refractivity contribution in [2.45, 2.75) is 38.8 Å². The Morgan fingerprint density at radius 2 is 1.75 bits per heavy atom. The molecule has 0 saturated carbocycles. The van der Waals surface area contributed by atoms with E-state index in [-0.39, 0.29) is 17.7 Å². The molecule has 0 rings (SSSR count). The minimum absolute atomic E-state index is 0.0168. The molecule has 8 nitrogen and oxygen atoms in total. The summed E-state index contributed by atoms with van der Waals surface area (Å²) in [7, 11) is 1.49. The first-order valence-corrected chi connectivity index (χ1v) is 6.60. The van der Waals surface area contributed by atoms with Gasteiger partial charge in [0.2, 0.25) is 11.8 Å². The molecule has 0 aromatic rings. The molecule has 0 fully saturated rings. The smallest absolute Gasteiger partial charge is 0.312 e. The highest BCUT2D eigenvalue weighted by atomic mass is 16.2. The van der Waals surface area contributed by atoms with Crippen molar-refractivity contribution in [1.29, 1.82) is 0 Å². The number of likely N-dealkylation sites (N-methyl/N-ethyl adjacent to an activating group) is 1. The van der Waals surface area contributed by atoms with Gasteiger partial charge in [-0.3, -0.25) is 9.59 Å². The molecule has 0 unspecified atom stereocenters. The van der Waals surface area contributed by atoms with Crippen LogP contribution in [0.4, 0.5) is 4.79 Å². The zero-order valence-corrected chi connectivity index (χ0v) is 12.2. The van der Waals surface area contributed by atoms with Crippen LogP contribution in [0.1, 0.15) is 26.7 Å². The zero-order valence-electron chi connectivity index (χ0n) is 12.2. The summed E-state index contributed by atoms with van der Waals surface area (Å²) in [4.78, 5) is 34.1. The fourth-order valence-electron chi connectivity index (χ4n) is 1.53. The van der Waals surface area contributed by atoms with Crippen LogP contribution < -0.4 is 27.4 Å². The number of nitrogens with two attached hydrogens (primary N) is 2. The van der Waals surface area contributed by atoms with Crippen molar-refractivity contribution in [3.8, 4) is 0 Å². The summed E-state index contributed by atoms with van der Waals surface area (Å²) in [5, 5.41) is 7.52. The number of primary amides is 1. The number of hydrogen-bond donors (Lipinski definition) is 5. The largest absolute Gasteiger partial charge is 0.357 e. The lowest BCUT2D eigenvalue weighted by Gasteiger charge is -2.21. The van der Waals surface area contributed by atoms with Gasteiger partial charge in [0.15, 0.2) is 0 Å². The molecule has 0 heterocycles. The average molecular weight is 287 g/mol. The van der Waals surface area contributed by atoms with Gasteiger partial charge in [0.1, 0.15) is 6.04 Å². The highest BCUT2D eigenvalue weighted by molar-refractivity contribution is 5.89. The lowest BCUT2D eigenvalue weighted by molar-refractivity contribution is -0.130. The van der Waals surface area contributed by atoms with Crippen LogP contribution in [0.15, 0.2) is 0 Å². The number of carbonyl (C=O) groups is 3. The van der Waals surface area contributed by atoms with Gasteiger partial charge in [-0.05, 0) is 18.8 Å². The van der Waals surface area contributed by atoms with E-state index < -0.39 is 18.1 Å². The SMILES string of the molecule is CNC(=O)[C@@H](CCCNC(N)=O)NC(=O)[C@H](N)C(C)C. The van der Waals surface area contributed by atoms with Gasteiger partial charge in [0.05, 0.1) is 6.04 Å². The van der Waals surface area contributed by atoms with E-state index >= 15 is 0 Å². The lowest BCUT2D eigenvalue weighted by atomic mass is 10.0. The molecule has 0 spiro atoms. The Labute approximate surface area is 119 Å². The quantitative estimate of drug-likeness (QED) is 0.352. The second-order valence-corrected chi connectivity index (χ2v) is 4.88. The molecular formula is C12H25N5O3. The van der Waals surface area contributed by atoms with E-state index in [1.165, 1.54) is 7.05 Å². The highest BCUT2D eigenvalue weighted by Crippen LogP contribution is 2.02. The number of nitrogens with one attached hydrogen (secondary N) is 3. The van der Waals surface area contributed by atoms with E-state index in [0.717, 1.165) is 0 Å². The van der Waals surface area contributed by atoms with Crippen LogP contribution in [0.25, 0.3) is 0 Å². The van der Waals surface area contributed by atoms with E-state index in [2.05, 4.69) is 16.0 Å². The molecule has 4 amide bonds. The van der Waals surface area contributed by atoms with Crippen molar-refractivity contribution < 1.29 is 14.4 Å². The molecule has 0 aliphatic rings. The molecule has 0 aromatic carbocycles. The summed E-state index contributed by atoms with van der Waals surface area (Å²) in [5.74, 6) is -0.679. The van der Waals surface area contributed by atoms with Crippen molar-refractivity contribution in [3.63, 3.8) is 0 Å². The Bertz CT molecular complexity index is 346. The van der Waals surface area contributed by atoms with Gasteiger partial charge in [-0.25, -0.2) is 4.79 Å². The Kier molecular flexibility index (Phi) is 8.30. The van der Waals surface area contributed by atoms with Crippen molar-refractivity contribution in [1.82, 2.24) is 16.0 Å². The molecule has 0 aliphatic carbocycles. The molecule has 8 heteroatoms. The van der Waals surface area contributed by atoms with E-state index in [1.807, 2.05) is 13.8 Å². The van der Waals surface area contributed by atoms with Gasteiger partial charge in [0.25, 0.3) is 0 Å². The Morgan fingerprint density at radius 3 is 2.20 bits per heavy atom. The van der Waals surface area contributed by atoms with Crippen molar-refractivity contribution in [3.05, 3.63) is 0 Å². The van der Waals surface area contributed by atoms with Crippen molar-refractivity contribution >= 4 is 17.8 Å². The minimum atomic E-state index is -0.674. The molecule has 2 atom stereocenters. The minimum Gasteiger partial charge on any atom is -0.357 e. The van der Waals surface area contributed by atoms with Crippen LogP contribution >= 0.6 is 0 Å². The maximum absolute atomic E-state index is 11.9. The summed E-state index contributed by atoms with van der Waals surface area (Å²) in [6.45, 7) is 4.00. The summed E-state index contributed by atoms with van der Waals surface area (Å²) >= 11 is 0. The van der Waals surface area contributed by atoms with Gasteiger partial charge in [-0.2, -0.15) is 0 Å². The van der Waals surface area contributed by atoms with Crippen LogP contribution in [0.2, 0.25) is 0 Å². The van der Waals surface area contributed by atoms with Crippen LogP contribution in [0.3, 0.4) is 0 Å². The summed E-state index contributed by atoms with van der Waals surface area (Å²) < 4.78 is 0. The molecule has 0 aromatic heterocycles. The van der Waals surface area contributed by atoms with E-state index in [0.29, 0.717) is 19.4 Å². The first kappa shape index (κ1) is 18.2. The second-order valence-electron chi connectivity index (χ2n) is 4.88. The van der Waals surface area contributed by atoms with Crippen LogP contribution in [0, 0.1) is 5.92 Å². The van der Waals surface area contributed by atoms with Gasteiger partial charge >= 0.3 is 6.03 Å². The summed E-state index contributed by atoms with van der Waals surface area (Å²) in [6.07, 6.45) is 0.898. The zero-order chi connectivity index (χ0) is 15.7. The fraction of sp³-hybridized carbons (Fsp3) is 0.750. The number of carbonyl (C=O) groups excluding carboxylic acids is 3. The highest BCUT2D eigenvalue weighted by Gasteiger charge is 2.24. The van der Waals surface area contributed by atoms with Crippen molar-refractivity contribution in [2.75, 3.05) is 13.6 Å². The Morgan fingerprint density at radius 1 is 1.15 bits per heavy atom. The molecule has 7 N–H and O–H groups in total. The normalized spacial score (nSPS) is 13.4. The third-order valence-electron chi connectivity index (χ3n) is 2.87. The predicted octanol–water partition coefficient (Wildman–Crippen LogP) is -1.35. The third-order valence-corrected chi connectivity index (χ3v) is 2.87. The number of hydrogen-bond acceptors (Lipinski definition) is 4. The topological polar surface area (TPSA) is 139 Å². The molecule has 0 bridgehead atoms. The van der Waals surface area contributed by atoms with E-state index in [4.69, 9.17) is 11.5 Å². The second kappa shape index (κ2) is 9.13. The fourth-order valence-corrected chi connectivity index (χ4v) is 1.53. The molecular weight excluding hydrogens is 262 g/mol. The molecule has 116 valence electrons. The maximum atomic E-state index is 11.9. The monoisotopic (exact) mass is 287 g/mol. The first-order valence-electron chi connectivity index (χ1n) is 6.60. The molecule has 0 aliphatic heterocycles. The van der Waals surface area contributed by atoms with Crippen LogP contribution in [-0.4, -0.2) is 43.5 Å². The van der Waals surface area contributed by atoms with Gasteiger partial charge < -0.3 is 27.4 Å². The third kappa shape index (κ3) is 6.93. The number of amides is 4. The van der Waals surface area contributed by atoms with Crippen LogP contribution in [0.5, 0.6) is 0 Å². The summed E-state index contributed by atoms with van der Waals surface area (Å²) in [6, 6.07) is -1.95. The molecule has 0 radical (unpaired) electrons. The Balaban J connectivity index is 4.39. The van der Waals surface area contributed by atoms with Gasteiger partial charge in [0, 0.05) is 13.6 Å². The van der Waals surface area contributed by atoms with E-state index in [9.17, 15) is 14.4 Å². The van der Waals surface area contributed by atoms with Gasteiger partial charge in [-0.15, -0.1) is 0 Å². The lowest BCUT2D eigenvalue weighted by Crippen LogP contribution is -2.52. The van der Waals surface area contributed by atoms with Gasteiger partial charge in [-0.1, -0.05) is 13.8 Å². The standard InChI is InChI=1S/C12H25N5O3/c1-7(2)9(13)11(19)17-8(10(18)15-3)5-4-6-16-12(14)20/h7-9H,4-6,13H2,1-3H3,(H,15,18)(H,17,19)(H3,14,16,20)/t8-,9-/m1/s1. The number of rotatable bonds is 8. The Hall–Kier alpha value is -1.83.